The van der Waals surface area contributed by atoms with Gasteiger partial charge >= 0.3 is 0 Å². The Morgan fingerprint density at radius 3 is 2.52 bits per heavy atom. The Morgan fingerprint density at radius 2 is 1.95 bits per heavy atom. The Labute approximate surface area is 133 Å². The fourth-order valence-electron chi connectivity index (χ4n) is 2.51. The van der Waals surface area contributed by atoms with Crippen molar-refractivity contribution in [3.8, 4) is 0 Å². The fraction of sp³-hybridized carbons (Fsp3) is 0.333. The van der Waals surface area contributed by atoms with Gasteiger partial charge in [0.05, 0.1) is 5.02 Å². The summed E-state index contributed by atoms with van der Waals surface area (Å²) in [7, 11) is 0. The largest absolute Gasteiger partial charge is 0.368 e. The molecule has 0 aliphatic carbocycles. The number of carbonyl (C=O) groups excluding carboxylic acids is 1. The molecule has 1 saturated heterocycles. The molecule has 0 unspecified atom stereocenters. The molecule has 0 saturated carbocycles. The van der Waals surface area contributed by atoms with Gasteiger partial charge in [-0.25, -0.2) is 4.98 Å². The molecule has 0 N–H and O–H groups in total. The van der Waals surface area contributed by atoms with Crippen LogP contribution in [0.1, 0.15) is 17.3 Å². The van der Waals surface area contributed by atoms with Gasteiger partial charge in [0.1, 0.15) is 0 Å². The zero-order valence-electron chi connectivity index (χ0n) is 11.8. The predicted octanol–water partition coefficient (Wildman–Crippen LogP) is 3.33. The van der Waals surface area contributed by atoms with E-state index in [9.17, 15) is 4.79 Å². The predicted molar refractivity (Wildman–Crippen MR) is 88.0 cm³/mol. The number of benzene rings is 1. The van der Waals surface area contributed by atoms with E-state index in [-0.39, 0.29) is 5.78 Å². The molecule has 0 atom stereocenters. The van der Waals surface area contributed by atoms with Crippen LogP contribution in [0.4, 0.5) is 10.8 Å². The van der Waals surface area contributed by atoms with E-state index in [0.717, 1.165) is 37.0 Å². The molecular weight excluding hydrogens is 306 g/mol. The van der Waals surface area contributed by atoms with Crippen LogP contribution >= 0.6 is 22.9 Å². The first-order valence-electron chi connectivity index (χ1n) is 6.85. The summed E-state index contributed by atoms with van der Waals surface area (Å²) in [6, 6.07) is 5.67. The number of anilines is 2. The maximum Gasteiger partial charge on any atom is 0.185 e. The third-order valence-electron chi connectivity index (χ3n) is 3.67. The summed E-state index contributed by atoms with van der Waals surface area (Å²) in [6.45, 7) is 5.28. The number of hydrogen-bond donors (Lipinski definition) is 0. The maximum absolute atomic E-state index is 11.4. The Bertz CT molecular complexity index is 636. The molecule has 2 heterocycles. The van der Waals surface area contributed by atoms with Crippen LogP contribution in [0, 0.1) is 0 Å². The van der Waals surface area contributed by atoms with Gasteiger partial charge in [-0.2, -0.15) is 0 Å². The normalized spacial score (nSPS) is 15.3. The molecule has 4 nitrogen and oxygen atoms in total. The molecule has 0 spiro atoms. The van der Waals surface area contributed by atoms with Crippen LogP contribution < -0.4 is 9.80 Å². The zero-order valence-corrected chi connectivity index (χ0v) is 13.3. The van der Waals surface area contributed by atoms with Crippen LogP contribution in [0.5, 0.6) is 0 Å². The van der Waals surface area contributed by atoms with Gasteiger partial charge in [0, 0.05) is 49.0 Å². The van der Waals surface area contributed by atoms with Crippen LogP contribution in [-0.4, -0.2) is 36.9 Å². The number of nitrogens with zero attached hydrogens (tertiary/aromatic N) is 3. The van der Waals surface area contributed by atoms with E-state index in [2.05, 4.69) is 14.8 Å². The third kappa shape index (κ3) is 3.04. The summed E-state index contributed by atoms with van der Waals surface area (Å²) in [5.74, 6) is 0.000129. The van der Waals surface area contributed by atoms with Crippen molar-refractivity contribution in [3.05, 3.63) is 40.4 Å². The number of thiazole rings is 1. The van der Waals surface area contributed by atoms with Crippen molar-refractivity contribution < 1.29 is 4.79 Å². The average molecular weight is 322 g/mol. The molecule has 0 radical (unpaired) electrons. The molecule has 2 aromatic rings. The minimum absolute atomic E-state index is 0.000129. The van der Waals surface area contributed by atoms with E-state index in [4.69, 9.17) is 11.6 Å². The summed E-state index contributed by atoms with van der Waals surface area (Å²) >= 11 is 7.86. The Balaban J connectivity index is 1.69. The third-order valence-corrected chi connectivity index (χ3v) is 4.81. The standard InChI is InChI=1S/C15H16ClN3OS/c1-11(20)13-3-2-12(10-14(13)16)18-5-7-19(8-6-18)15-17-4-9-21-15/h2-4,9-10H,5-8H2,1H3. The number of ketones is 1. The van der Waals surface area contributed by atoms with Crippen molar-refractivity contribution in [3.63, 3.8) is 0 Å². The quantitative estimate of drug-likeness (QED) is 0.813. The molecule has 0 amide bonds. The molecule has 21 heavy (non-hydrogen) atoms. The Hall–Kier alpha value is -1.59. The highest BCUT2D eigenvalue weighted by atomic mass is 35.5. The lowest BCUT2D eigenvalue weighted by Gasteiger charge is -2.36. The monoisotopic (exact) mass is 321 g/mol. The smallest absolute Gasteiger partial charge is 0.185 e. The first kappa shape index (κ1) is 14.4. The number of halogens is 1. The highest BCUT2D eigenvalue weighted by Crippen LogP contribution is 2.26. The van der Waals surface area contributed by atoms with Crippen LogP contribution in [0.2, 0.25) is 5.02 Å². The van der Waals surface area contributed by atoms with Crippen molar-refractivity contribution in [1.82, 2.24) is 4.98 Å². The molecule has 0 bridgehead atoms. The Kier molecular flexibility index (Phi) is 4.12. The van der Waals surface area contributed by atoms with Crippen molar-refractivity contribution in [2.75, 3.05) is 36.0 Å². The molecule has 1 aliphatic rings. The zero-order chi connectivity index (χ0) is 14.8. The van der Waals surface area contributed by atoms with Gasteiger partial charge < -0.3 is 9.80 Å². The van der Waals surface area contributed by atoms with Gasteiger partial charge in [-0.05, 0) is 25.1 Å². The number of Topliss-reactive ketones (excluding diaryl/α,β-unsaturated/α-hetero) is 1. The second kappa shape index (κ2) is 6.03. The van der Waals surface area contributed by atoms with Crippen molar-refractivity contribution in [2.45, 2.75) is 6.92 Å². The number of hydrogen-bond acceptors (Lipinski definition) is 5. The minimum atomic E-state index is 0.000129. The van der Waals surface area contributed by atoms with Gasteiger partial charge in [-0.3, -0.25) is 4.79 Å². The number of aromatic nitrogens is 1. The number of rotatable bonds is 3. The molecule has 1 aromatic carbocycles. The van der Waals surface area contributed by atoms with Gasteiger partial charge in [0.25, 0.3) is 0 Å². The summed E-state index contributed by atoms with van der Waals surface area (Å²) < 4.78 is 0. The van der Waals surface area contributed by atoms with Gasteiger partial charge in [-0.1, -0.05) is 11.6 Å². The summed E-state index contributed by atoms with van der Waals surface area (Å²) in [5, 5.41) is 3.61. The highest BCUT2D eigenvalue weighted by Gasteiger charge is 2.19. The summed E-state index contributed by atoms with van der Waals surface area (Å²) in [6.07, 6.45) is 1.84. The maximum atomic E-state index is 11.4. The second-order valence-electron chi connectivity index (χ2n) is 5.01. The van der Waals surface area contributed by atoms with Crippen LogP contribution in [0.15, 0.2) is 29.8 Å². The molecule has 6 heteroatoms. The number of piperazine rings is 1. The van der Waals surface area contributed by atoms with E-state index in [0.29, 0.717) is 10.6 Å². The average Bonchev–Trinajstić information content (AvgIpc) is 3.01. The summed E-state index contributed by atoms with van der Waals surface area (Å²) in [5.41, 5.74) is 1.66. The van der Waals surface area contributed by atoms with E-state index in [1.54, 1.807) is 11.3 Å². The van der Waals surface area contributed by atoms with Crippen molar-refractivity contribution in [1.29, 1.82) is 0 Å². The second-order valence-corrected chi connectivity index (χ2v) is 6.29. The van der Waals surface area contributed by atoms with E-state index < -0.39 is 0 Å². The lowest BCUT2D eigenvalue weighted by molar-refractivity contribution is 0.101. The first-order valence-corrected chi connectivity index (χ1v) is 8.11. The van der Waals surface area contributed by atoms with Crippen LogP contribution in [-0.2, 0) is 0 Å². The number of carbonyl (C=O) groups is 1. The fourth-order valence-corrected chi connectivity index (χ4v) is 3.52. The van der Waals surface area contributed by atoms with Gasteiger partial charge in [0.2, 0.25) is 0 Å². The van der Waals surface area contributed by atoms with Gasteiger partial charge in [0.15, 0.2) is 10.9 Å². The lowest BCUT2D eigenvalue weighted by atomic mass is 10.1. The summed E-state index contributed by atoms with van der Waals surface area (Å²) in [4.78, 5) is 20.4. The molecule has 1 fully saturated rings. The first-order chi connectivity index (χ1) is 10.1. The van der Waals surface area contributed by atoms with E-state index in [1.165, 1.54) is 6.92 Å². The van der Waals surface area contributed by atoms with Crippen molar-refractivity contribution >= 4 is 39.5 Å². The molecule has 1 aromatic heterocycles. The minimum Gasteiger partial charge on any atom is -0.368 e. The van der Waals surface area contributed by atoms with Gasteiger partial charge in [-0.15, -0.1) is 11.3 Å². The van der Waals surface area contributed by atoms with E-state index >= 15 is 0 Å². The Morgan fingerprint density at radius 1 is 1.24 bits per heavy atom. The topological polar surface area (TPSA) is 36.4 Å². The molecule has 1 aliphatic heterocycles. The SMILES string of the molecule is CC(=O)c1ccc(N2CCN(c3nccs3)CC2)cc1Cl. The molecule has 110 valence electrons. The lowest BCUT2D eigenvalue weighted by Crippen LogP contribution is -2.46. The van der Waals surface area contributed by atoms with E-state index in [1.807, 2.05) is 29.8 Å². The van der Waals surface area contributed by atoms with Crippen LogP contribution in [0.3, 0.4) is 0 Å². The van der Waals surface area contributed by atoms with Crippen LogP contribution in [0.25, 0.3) is 0 Å². The molecular formula is C15H16ClN3OS. The van der Waals surface area contributed by atoms with Crippen molar-refractivity contribution in [2.24, 2.45) is 0 Å². The highest BCUT2D eigenvalue weighted by molar-refractivity contribution is 7.13. The molecule has 3 rings (SSSR count).